The van der Waals surface area contributed by atoms with Gasteiger partial charge in [0.25, 0.3) is 0 Å². The average molecular weight is 309 g/mol. The van der Waals surface area contributed by atoms with Gasteiger partial charge in [0.05, 0.1) is 6.61 Å². The Balaban J connectivity index is 2.54. The van der Waals surface area contributed by atoms with Crippen LogP contribution < -0.4 is 5.32 Å². The van der Waals surface area contributed by atoms with Crippen molar-refractivity contribution in [1.82, 2.24) is 5.32 Å². The van der Waals surface area contributed by atoms with Crippen LogP contribution in [0.4, 0.5) is 4.79 Å². The largest absolute Gasteiger partial charge is 0.459 e. The van der Waals surface area contributed by atoms with Gasteiger partial charge < -0.3 is 19.5 Å². The molecular formula is C16H23NO5. The molecular weight excluding hydrogens is 286 g/mol. The summed E-state index contributed by atoms with van der Waals surface area (Å²) in [4.78, 5) is 23.8. The molecule has 1 N–H and O–H groups in total. The summed E-state index contributed by atoms with van der Waals surface area (Å²) in [5.74, 6) is -0.573. The first-order valence-corrected chi connectivity index (χ1v) is 7.01. The third-order valence-electron chi connectivity index (χ3n) is 2.53. The van der Waals surface area contributed by atoms with Crippen molar-refractivity contribution in [3.8, 4) is 0 Å². The van der Waals surface area contributed by atoms with Crippen LogP contribution in [0.5, 0.6) is 0 Å². The third kappa shape index (κ3) is 7.08. The molecule has 0 saturated heterocycles. The lowest BCUT2D eigenvalue weighted by Gasteiger charge is -2.22. The Morgan fingerprint density at radius 2 is 1.82 bits per heavy atom. The number of carbonyl (C=O) groups excluding carboxylic acids is 2. The van der Waals surface area contributed by atoms with Gasteiger partial charge >= 0.3 is 12.1 Å². The molecule has 22 heavy (non-hydrogen) atoms. The molecule has 1 aromatic rings. The minimum atomic E-state index is -0.913. The molecule has 0 spiro atoms. The predicted octanol–water partition coefficient (Wildman–Crippen LogP) is 2.27. The van der Waals surface area contributed by atoms with Gasteiger partial charge in [-0.2, -0.15) is 0 Å². The Morgan fingerprint density at radius 3 is 2.36 bits per heavy atom. The van der Waals surface area contributed by atoms with Crippen molar-refractivity contribution in [3.05, 3.63) is 35.9 Å². The molecule has 0 radical (unpaired) electrons. The molecule has 6 nitrogen and oxygen atoms in total. The minimum Gasteiger partial charge on any atom is -0.459 e. The molecule has 6 heteroatoms. The summed E-state index contributed by atoms with van der Waals surface area (Å²) in [6.07, 6.45) is -0.689. The van der Waals surface area contributed by atoms with E-state index in [-0.39, 0.29) is 13.2 Å². The van der Waals surface area contributed by atoms with E-state index in [1.807, 2.05) is 30.3 Å². The van der Waals surface area contributed by atoms with E-state index < -0.39 is 23.7 Å². The van der Waals surface area contributed by atoms with Crippen LogP contribution in [-0.4, -0.2) is 37.4 Å². The second-order valence-electron chi connectivity index (χ2n) is 5.75. The summed E-state index contributed by atoms with van der Waals surface area (Å²) < 4.78 is 15.2. The highest BCUT2D eigenvalue weighted by molar-refractivity contribution is 5.81. The summed E-state index contributed by atoms with van der Waals surface area (Å²) in [7, 11) is 1.44. The highest BCUT2D eigenvalue weighted by Crippen LogP contribution is 2.07. The quantitative estimate of drug-likeness (QED) is 0.816. The molecule has 0 aliphatic carbocycles. The van der Waals surface area contributed by atoms with E-state index in [1.165, 1.54) is 7.11 Å². The minimum absolute atomic E-state index is 0.00681. The van der Waals surface area contributed by atoms with Crippen molar-refractivity contribution in [2.24, 2.45) is 0 Å². The van der Waals surface area contributed by atoms with Gasteiger partial charge in [-0.1, -0.05) is 30.3 Å². The lowest BCUT2D eigenvalue weighted by atomic mass is 10.2. The monoisotopic (exact) mass is 309 g/mol. The van der Waals surface area contributed by atoms with E-state index >= 15 is 0 Å². The summed E-state index contributed by atoms with van der Waals surface area (Å²) in [5.41, 5.74) is 0.222. The molecule has 122 valence electrons. The maximum atomic E-state index is 12.0. The number of hydrogen-bond donors (Lipinski definition) is 1. The van der Waals surface area contributed by atoms with E-state index in [9.17, 15) is 9.59 Å². The molecule has 0 heterocycles. The molecule has 1 aromatic carbocycles. The fourth-order valence-corrected chi connectivity index (χ4v) is 1.61. The Labute approximate surface area is 130 Å². The number of esters is 1. The zero-order valence-electron chi connectivity index (χ0n) is 13.4. The Hall–Kier alpha value is -2.08. The first kappa shape index (κ1) is 18.0. The summed E-state index contributed by atoms with van der Waals surface area (Å²) in [5, 5.41) is 2.45. The maximum absolute atomic E-state index is 12.0. The van der Waals surface area contributed by atoms with Crippen LogP contribution in [0.25, 0.3) is 0 Å². The van der Waals surface area contributed by atoms with Gasteiger partial charge in [0.1, 0.15) is 12.2 Å². The van der Waals surface area contributed by atoms with Crippen LogP contribution >= 0.6 is 0 Å². The second kappa shape index (κ2) is 8.38. The summed E-state index contributed by atoms with van der Waals surface area (Å²) in [6.45, 7) is 5.37. The van der Waals surface area contributed by atoms with E-state index in [0.29, 0.717) is 0 Å². The molecule has 0 unspecified atom stereocenters. The van der Waals surface area contributed by atoms with E-state index in [2.05, 4.69) is 5.32 Å². The standard InChI is InChI=1S/C16H23NO5/c1-16(2,3)22-15(19)17-13(11-20-4)14(18)21-10-12-8-6-5-7-9-12/h5-9,13H,10-11H2,1-4H3,(H,17,19)/t13-/m1/s1. The average Bonchev–Trinajstić information content (AvgIpc) is 2.43. The van der Waals surface area contributed by atoms with Gasteiger partial charge in [-0.25, -0.2) is 9.59 Å². The number of alkyl carbamates (subject to hydrolysis) is 1. The summed E-state index contributed by atoms with van der Waals surface area (Å²) in [6, 6.07) is 8.37. The van der Waals surface area contributed by atoms with E-state index in [1.54, 1.807) is 20.8 Å². The van der Waals surface area contributed by atoms with Gasteiger partial charge in [0.2, 0.25) is 0 Å². The zero-order chi connectivity index (χ0) is 16.6. The number of carbonyl (C=O) groups is 2. The van der Waals surface area contributed by atoms with Crippen LogP contribution in [0.3, 0.4) is 0 Å². The fourth-order valence-electron chi connectivity index (χ4n) is 1.61. The van der Waals surface area contributed by atoms with Gasteiger partial charge in [-0.15, -0.1) is 0 Å². The van der Waals surface area contributed by atoms with Gasteiger partial charge in [-0.3, -0.25) is 0 Å². The zero-order valence-corrected chi connectivity index (χ0v) is 13.4. The normalized spacial score (nSPS) is 12.4. The van der Waals surface area contributed by atoms with E-state index in [0.717, 1.165) is 5.56 Å². The van der Waals surface area contributed by atoms with Gasteiger partial charge in [0, 0.05) is 7.11 Å². The topological polar surface area (TPSA) is 73.9 Å². The van der Waals surface area contributed by atoms with E-state index in [4.69, 9.17) is 14.2 Å². The highest BCUT2D eigenvalue weighted by atomic mass is 16.6. The molecule has 0 saturated carbocycles. The van der Waals surface area contributed by atoms with Crippen molar-refractivity contribution in [3.63, 3.8) is 0 Å². The fraction of sp³-hybridized carbons (Fsp3) is 0.500. The maximum Gasteiger partial charge on any atom is 0.408 e. The molecule has 0 fully saturated rings. The lowest BCUT2D eigenvalue weighted by molar-refractivity contribution is -0.148. The molecule has 1 amide bonds. The SMILES string of the molecule is COC[C@@H](NC(=O)OC(C)(C)C)C(=O)OCc1ccccc1. The van der Waals surface area contributed by atoms with Gasteiger partial charge in [-0.05, 0) is 26.3 Å². The summed E-state index contributed by atoms with van der Waals surface area (Å²) >= 11 is 0. The molecule has 1 atom stereocenters. The van der Waals surface area contributed by atoms with Crippen molar-refractivity contribution >= 4 is 12.1 Å². The highest BCUT2D eigenvalue weighted by Gasteiger charge is 2.25. The smallest absolute Gasteiger partial charge is 0.408 e. The third-order valence-corrected chi connectivity index (χ3v) is 2.53. The number of ether oxygens (including phenoxy) is 3. The van der Waals surface area contributed by atoms with Crippen molar-refractivity contribution < 1.29 is 23.8 Å². The van der Waals surface area contributed by atoms with Crippen LogP contribution in [0, 0.1) is 0 Å². The number of hydrogen-bond acceptors (Lipinski definition) is 5. The van der Waals surface area contributed by atoms with Gasteiger partial charge in [0.15, 0.2) is 6.04 Å². The van der Waals surface area contributed by atoms with Crippen molar-refractivity contribution in [2.75, 3.05) is 13.7 Å². The lowest BCUT2D eigenvalue weighted by Crippen LogP contribution is -2.46. The Kier molecular flexibility index (Phi) is 6.85. The second-order valence-corrected chi connectivity index (χ2v) is 5.75. The van der Waals surface area contributed by atoms with Crippen LogP contribution in [0.15, 0.2) is 30.3 Å². The number of nitrogens with one attached hydrogen (secondary N) is 1. The number of amides is 1. The Morgan fingerprint density at radius 1 is 1.18 bits per heavy atom. The first-order valence-electron chi connectivity index (χ1n) is 7.01. The number of rotatable bonds is 6. The van der Waals surface area contributed by atoms with Crippen molar-refractivity contribution in [2.45, 2.75) is 39.0 Å². The molecule has 0 bridgehead atoms. The molecule has 0 aliphatic heterocycles. The number of methoxy groups -OCH3 is 1. The molecule has 0 aliphatic rings. The predicted molar refractivity (Wildman–Crippen MR) is 81.3 cm³/mol. The number of benzene rings is 1. The van der Waals surface area contributed by atoms with Crippen molar-refractivity contribution in [1.29, 1.82) is 0 Å². The van der Waals surface area contributed by atoms with Crippen LogP contribution in [0.2, 0.25) is 0 Å². The Bertz CT molecular complexity index is 481. The van der Waals surface area contributed by atoms with Crippen LogP contribution in [0.1, 0.15) is 26.3 Å². The molecule has 1 rings (SSSR count). The molecule has 0 aromatic heterocycles. The van der Waals surface area contributed by atoms with Crippen LogP contribution in [-0.2, 0) is 25.6 Å². The first-order chi connectivity index (χ1) is 10.3.